The first kappa shape index (κ1) is 19.4. The first-order valence-corrected chi connectivity index (χ1v) is 9.19. The quantitative estimate of drug-likeness (QED) is 0.395. The maximum Gasteiger partial charge on any atom is 0.336 e. The second-order valence-corrected chi connectivity index (χ2v) is 7.14. The van der Waals surface area contributed by atoms with Crippen molar-refractivity contribution in [3.05, 3.63) is 61.7 Å². The number of fused-ring (bicyclic) bond motifs is 1. The van der Waals surface area contributed by atoms with Gasteiger partial charge in [0.25, 0.3) is 11.6 Å². The number of nitrogens with one attached hydrogen (secondary N) is 1. The molecule has 9 nitrogen and oxygen atoms in total. The van der Waals surface area contributed by atoms with Gasteiger partial charge in [0.15, 0.2) is 0 Å². The van der Waals surface area contributed by atoms with E-state index < -0.39 is 22.7 Å². The molecular formula is C18H18N4O5S. The molecule has 0 fully saturated rings. The van der Waals surface area contributed by atoms with Crippen LogP contribution in [0.15, 0.2) is 35.5 Å². The van der Waals surface area contributed by atoms with Crippen molar-refractivity contribution in [2.24, 2.45) is 5.73 Å². The van der Waals surface area contributed by atoms with E-state index in [0.717, 1.165) is 11.3 Å². The van der Waals surface area contributed by atoms with Crippen LogP contribution in [0.25, 0.3) is 0 Å². The zero-order valence-electron chi connectivity index (χ0n) is 15.1. The molecule has 2 aromatic rings. The third-order valence-corrected chi connectivity index (χ3v) is 5.55. The van der Waals surface area contributed by atoms with E-state index in [-0.39, 0.29) is 28.4 Å². The molecule has 3 rings (SSSR count). The molecule has 1 unspecified atom stereocenters. The lowest BCUT2D eigenvalue weighted by Crippen LogP contribution is -2.24. The van der Waals surface area contributed by atoms with Gasteiger partial charge in [0.05, 0.1) is 27.8 Å². The van der Waals surface area contributed by atoms with E-state index in [4.69, 9.17) is 16.2 Å². The Morgan fingerprint density at radius 3 is 2.71 bits per heavy atom. The van der Waals surface area contributed by atoms with Crippen LogP contribution in [0.5, 0.6) is 0 Å². The third kappa shape index (κ3) is 3.18. The Kier molecular flexibility index (Phi) is 5.06. The molecule has 1 aliphatic heterocycles. The molecule has 0 spiro atoms. The second-order valence-electron chi connectivity index (χ2n) is 6.12. The number of esters is 1. The predicted octanol–water partition coefficient (Wildman–Crippen LogP) is 2.73. The summed E-state index contributed by atoms with van der Waals surface area (Å²) in [5.41, 5.74) is 13.4. The summed E-state index contributed by atoms with van der Waals surface area (Å²) in [6, 6.07) is 5.94. The Bertz CT molecular complexity index is 1030. The molecule has 1 aromatic carbocycles. The molecule has 146 valence electrons. The molecule has 0 saturated carbocycles. The van der Waals surface area contributed by atoms with Gasteiger partial charge in [-0.05, 0) is 19.4 Å². The summed E-state index contributed by atoms with van der Waals surface area (Å²) in [5.74, 6) is -1.99. The number of carbonyl (C=O) groups excluding carboxylic acids is 2. The van der Waals surface area contributed by atoms with Crippen molar-refractivity contribution in [3.8, 4) is 0 Å². The predicted molar refractivity (Wildman–Crippen MR) is 105 cm³/mol. The molecule has 1 aromatic heterocycles. The number of hydrogen-bond acceptors (Lipinski definition) is 8. The average Bonchev–Trinajstić information content (AvgIpc) is 2.97. The van der Waals surface area contributed by atoms with Crippen LogP contribution in [0.3, 0.4) is 0 Å². The van der Waals surface area contributed by atoms with E-state index >= 15 is 0 Å². The normalized spacial score (nSPS) is 15.6. The topological polar surface area (TPSA) is 151 Å². The van der Waals surface area contributed by atoms with Crippen LogP contribution in [0, 0.1) is 10.1 Å². The van der Waals surface area contributed by atoms with Crippen molar-refractivity contribution in [2.45, 2.75) is 19.8 Å². The lowest BCUT2D eigenvalue weighted by molar-refractivity contribution is -0.384. The van der Waals surface area contributed by atoms with Gasteiger partial charge in [-0.25, -0.2) is 4.79 Å². The maximum atomic E-state index is 12.7. The smallest absolute Gasteiger partial charge is 0.336 e. The van der Waals surface area contributed by atoms with Crippen molar-refractivity contribution < 1.29 is 19.2 Å². The molecule has 5 N–H and O–H groups in total. The highest BCUT2D eigenvalue weighted by atomic mass is 32.1. The minimum atomic E-state index is -0.737. The highest BCUT2D eigenvalue weighted by molar-refractivity contribution is 7.19. The van der Waals surface area contributed by atoms with Gasteiger partial charge in [0.1, 0.15) is 4.88 Å². The number of allylic oxidation sites excluding steroid dienone is 1. The third-order valence-electron chi connectivity index (χ3n) is 4.40. The van der Waals surface area contributed by atoms with Gasteiger partial charge in [0, 0.05) is 29.3 Å². The van der Waals surface area contributed by atoms with Crippen molar-refractivity contribution in [3.63, 3.8) is 0 Å². The Hall–Kier alpha value is -3.40. The Balaban J connectivity index is 2.27. The number of primary amides is 1. The summed E-state index contributed by atoms with van der Waals surface area (Å²) in [6.07, 6.45) is 0. The summed E-state index contributed by atoms with van der Waals surface area (Å²) in [5, 5.41) is 14.9. The number of nitro benzene ring substituents is 1. The molecule has 1 atom stereocenters. The molecule has 10 heteroatoms. The minimum Gasteiger partial charge on any atom is -0.463 e. The number of nitrogens with two attached hydrogens (primary N) is 2. The molecule has 0 radical (unpaired) electrons. The fourth-order valence-electron chi connectivity index (χ4n) is 3.25. The monoisotopic (exact) mass is 402 g/mol. The van der Waals surface area contributed by atoms with Gasteiger partial charge < -0.3 is 21.5 Å². The number of rotatable bonds is 5. The second kappa shape index (κ2) is 7.31. The number of nitro groups is 1. The minimum absolute atomic E-state index is 0.123. The molecule has 2 heterocycles. The van der Waals surface area contributed by atoms with Crippen LogP contribution >= 0.6 is 11.3 Å². The first-order chi connectivity index (χ1) is 13.3. The first-order valence-electron chi connectivity index (χ1n) is 8.37. The van der Waals surface area contributed by atoms with Crippen molar-refractivity contribution in [1.82, 2.24) is 0 Å². The average molecular weight is 402 g/mol. The number of amides is 1. The van der Waals surface area contributed by atoms with E-state index in [1.54, 1.807) is 19.9 Å². The van der Waals surface area contributed by atoms with Gasteiger partial charge in [-0.15, -0.1) is 11.3 Å². The number of benzene rings is 1. The summed E-state index contributed by atoms with van der Waals surface area (Å²) < 4.78 is 5.19. The van der Waals surface area contributed by atoms with Crippen LogP contribution < -0.4 is 16.8 Å². The lowest BCUT2D eigenvalue weighted by Gasteiger charge is -2.28. The van der Waals surface area contributed by atoms with E-state index in [1.165, 1.54) is 18.2 Å². The number of nitrogen functional groups attached to an aromatic ring is 1. The highest BCUT2D eigenvalue weighted by Crippen LogP contribution is 2.50. The number of hydrogen-bond donors (Lipinski definition) is 3. The van der Waals surface area contributed by atoms with Gasteiger partial charge in [-0.1, -0.05) is 12.1 Å². The zero-order chi connectivity index (χ0) is 20.6. The number of thiophene rings is 1. The Morgan fingerprint density at radius 1 is 1.39 bits per heavy atom. The Morgan fingerprint density at radius 2 is 2.11 bits per heavy atom. The maximum absolute atomic E-state index is 12.7. The summed E-state index contributed by atoms with van der Waals surface area (Å²) in [4.78, 5) is 35.3. The molecule has 1 amide bonds. The van der Waals surface area contributed by atoms with E-state index in [1.807, 2.05) is 0 Å². The number of non-ortho nitro benzene ring substituents is 1. The SMILES string of the molecule is CCOC(=O)C1=C(C)Nc2sc(C(N)=O)c(N)c2C1c1cccc([N+](=O)[O-])c1. The molecule has 28 heavy (non-hydrogen) atoms. The van der Waals surface area contributed by atoms with Crippen LogP contribution in [0.4, 0.5) is 16.4 Å². The highest BCUT2D eigenvalue weighted by Gasteiger charge is 2.38. The standard InChI is InChI=1S/C18H18N4O5S/c1-3-27-18(24)11-8(2)21-17-13(14(19)15(28-17)16(20)23)12(11)9-5-4-6-10(7-9)22(25)26/h4-7,12,21H,3,19H2,1-2H3,(H2,20,23). The van der Waals surface area contributed by atoms with Gasteiger partial charge in [-0.2, -0.15) is 0 Å². The van der Waals surface area contributed by atoms with Gasteiger partial charge in [-0.3, -0.25) is 14.9 Å². The fraction of sp³-hybridized carbons (Fsp3) is 0.222. The van der Waals surface area contributed by atoms with Crippen molar-refractivity contribution in [2.75, 3.05) is 17.7 Å². The van der Waals surface area contributed by atoms with E-state index in [0.29, 0.717) is 21.8 Å². The summed E-state index contributed by atoms with van der Waals surface area (Å²) >= 11 is 1.08. The number of nitrogens with zero attached hydrogens (tertiary/aromatic N) is 1. The van der Waals surface area contributed by atoms with Crippen LogP contribution in [-0.4, -0.2) is 23.4 Å². The van der Waals surface area contributed by atoms with E-state index in [2.05, 4.69) is 5.32 Å². The number of carbonyl (C=O) groups is 2. The zero-order valence-corrected chi connectivity index (χ0v) is 16.0. The largest absolute Gasteiger partial charge is 0.463 e. The van der Waals surface area contributed by atoms with Gasteiger partial charge >= 0.3 is 5.97 Å². The summed E-state index contributed by atoms with van der Waals surface area (Å²) in [6.45, 7) is 3.54. The number of ether oxygens (including phenoxy) is 1. The Labute approximate surface area is 164 Å². The molecule has 1 aliphatic rings. The van der Waals surface area contributed by atoms with Crippen molar-refractivity contribution in [1.29, 1.82) is 0 Å². The van der Waals surface area contributed by atoms with Crippen LogP contribution in [-0.2, 0) is 9.53 Å². The van der Waals surface area contributed by atoms with Crippen molar-refractivity contribution >= 4 is 39.6 Å². The van der Waals surface area contributed by atoms with Crippen LogP contribution in [0.1, 0.15) is 40.6 Å². The van der Waals surface area contributed by atoms with E-state index in [9.17, 15) is 19.7 Å². The number of anilines is 2. The van der Waals surface area contributed by atoms with Crippen LogP contribution in [0.2, 0.25) is 0 Å². The van der Waals surface area contributed by atoms with Gasteiger partial charge in [0.2, 0.25) is 0 Å². The molecule has 0 bridgehead atoms. The summed E-state index contributed by atoms with van der Waals surface area (Å²) in [7, 11) is 0. The fourth-order valence-corrected chi connectivity index (χ4v) is 4.32. The lowest BCUT2D eigenvalue weighted by atomic mass is 9.81. The molecular weight excluding hydrogens is 384 g/mol. The molecule has 0 aliphatic carbocycles. The molecule has 0 saturated heterocycles.